The van der Waals surface area contributed by atoms with Gasteiger partial charge in [0, 0.05) is 51.4 Å². The van der Waals surface area contributed by atoms with Crippen LogP contribution in [-0.2, 0) is 20.8 Å². The first kappa shape index (κ1) is 26.4. The molecule has 3 aliphatic rings. The van der Waals surface area contributed by atoms with Crippen molar-refractivity contribution in [1.82, 2.24) is 25.4 Å². The van der Waals surface area contributed by atoms with E-state index in [1.54, 1.807) is 24.4 Å². The maximum atomic E-state index is 13.2. The van der Waals surface area contributed by atoms with Crippen molar-refractivity contribution in [3.8, 4) is 5.88 Å². The number of carbonyl (C=O) groups is 5. The second kappa shape index (κ2) is 11.7. The van der Waals surface area contributed by atoms with Gasteiger partial charge in [0.05, 0.1) is 29.8 Å². The lowest BCUT2D eigenvalue weighted by molar-refractivity contribution is -0.136. The number of ether oxygens (including phenoxy) is 1. The third-order valence-electron chi connectivity index (χ3n) is 6.98. The molecule has 0 saturated carbocycles. The quantitative estimate of drug-likeness (QED) is 0.306. The molecule has 39 heavy (non-hydrogen) atoms. The Balaban J connectivity index is 1.16. The molecule has 2 aromatic rings. The molecule has 4 heterocycles. The number of imide groups is 2. The summed E-state index contributed by atoms with van der Waals surface area (Å²) in [5, 5.41) is 8.21. The zero-order valence-corrected chi connectivity index (χ0v) is 21.4. The van der Waals surface area contributed by atoms with Crippen LogP contribution in [0.15, 0.2) is 36.5 Å². The van der Waals surface area contributed by atoms with Gasteiger partial charge in [-0.3, -0.25) is 34.2 Å². The van der Waals surface area contributed by atoms with Gasteiger partial charge in [0.25, 0.3) is 11.8 Å². The number of benzene rings is 1. The molecule has 12 nitrogen and oxygen atoms in total. The minimum absolute atomic E-state index is 0.00105. The van der Waals surface area contributed by atoms with Crippen LogP contribution in [-0.4, -0.2) is 89.7 Å². The van der Waals surface area contributed by atoms with Crippen LogP contribution >= 0.6 is 0 Å². The summed E-state index contributed by atoms with van der Waals surface area (Å²) in [7, 11) is 0. The van der Waals surface area contributed by atoms with Gasteiger partial charge < -0.3 is 20.3 Å². The fraction of sp³-hybridized carbons (Fsp3) is 0.407. The van der Waals surface area contributed by atoms with Crippen LogP contribution in [0.25, 0.3) is 0 Å². The van der Waals surface area contributed by atoms with Crippen molar-refractivity contribution < 1.29 is 28.7 Å². The lowest BCUT2D eigenvalue weighted by Gasteiger charge is -2.27. The van der Waals surface area contributed by atoms with Crippen molar-refractivity contribution >= 4 is 35.2 Å². The highest BCUT2D eigenvalue weighted by molar-refractivity contribution is 6.26. The molecule has 1 atom stereocenters. The highest BCUT2D eigenvalue weighted by atomic mass is 16.5. The van der Waals surface area contributed by atoms with Gasteiger partial charge in [-0.05, 0) is 30.5 Å². The molecule has 5 rings (SSSR count). The molecule has 3 aliphatic heterocycles. The number of hydrogen-bond donors (Lipinski definition) is 3. The van der Waals surface area contributed by atoms with Gasteiger partial charge >= 0.3 is 0 Å². The Morgan fingerprint density at radius 2 is 1.90 bits per heavy atom. The van der Waals surface area contributed by atoms with E-state index in [-0.39, 0.29) is 36.1 Å². The summed E-state index contributed by atoms with van der Waals surface area (Å²) in [6.07, 6.45) is 2.55. The Morgan fingerprint density at radius 3 is 2.64 bits per heavy atom. The third kappa shape index (κ3) is 5.96. The summed E-state index contributed by atoms with van der Waals surface area (Å²) in [5.41, 5.74) is 0.967. The molecule has 0 radical (unpaired) electrons. The summed E-state index contributed by atoms with van der Waals surface area (Å²) in [6.45, 7) is 5.65. The molecule has 0 spiro atoms. The first-order valence-corrected chi connectivity index (χ1v) is 13.1. The zero-order chi connectivity index (χ0) is 27.4. The number of nitrogens with one attached hydrogen (secondary N) is 3. The van der Waals surface area contributed by atoms with Crippen LogP contribution in [0.5, 0.6) is 5.88 Å². The molecule has 1 aromatic heterocycles. The average Bonchev–Trinajstić information content (AvgIpc) is 3.18. The monoisotopic (exact) mass is 534 g/mol. The first-order chi connectivity index (χ1) is 18.9. The Kier molecular flexibility index (Phi) is 7.94. The molecule has 12 heteroatoms. The molecule has 0 aliphatic carbocycles. The van der Waals surface area contributed by atoms with Gasteiger partial charge in [0.2, 0.25) is 23.6 Å². The van der Waals surface area contributed by atoms with Crippen molar-refractivity contribution in [3.63, 3.8) is 0 Å². The molecule has 5 amide bonds. The van der Waals surface area contributed by atoms with E-state index in [0.717, 1.165) is 44.0 Å². The molecular weight excluding hydrogens is 504 g/mol. The SMILES string of the molecule is O=C1CCC(N2C(=O)c3cccc(NC(=O)Cc4ccc(OCCCN5CCNCC5)nc4)c3C2=O)C(=O)N1. The van der Waals surface area contributed by atoms with Gasteiger partial charge in [0.15, 0.2) is 0 Å². The number of amides is 5. The number of nitrogens with zero attached hydrogens (tertiary/aromatic N) is 3. The predicted octanol–water partition coefficient (Wildman–Crippen LogP) is 0.338. The summed E-state index contributed by atoms with van der Waals surface area (Å²) in [5.74, 6) is -2.35. The number of hydrogen-bond acceptors (Lipinski definition) is 9. The number of anilines is 1. The average molecular weight is 535 g/mol. The lowest BCUT2D eigenvalue weighted by Crippen LogP contribution is -2.54. The van der Waals surface area contributed by atoms with Crippen molar-refractivity contribution in [1.29, 1.82) is 0 Å². The number of aromatic nitrogens is 1. The van der Waals surface area contributed by atoms with Crippen LogP contribution in [0.2, 0.25) is 0 Å². The smallest absolute Gasteiger partial charge is 0.264 e. The largest absolute Gasteiger partial charge is 0.478 e. The van der Waals surface area contributed by atoms with E-state index in [4.69, 9.17) is 4.74 Å². The van der Waals surface area contributed by atoms with E-state index >= 15 is 0 Å². The Bertz CT molecular complexity index is 1290. The highest BCUT2D eigenvalue weighted by Gasteiger charge is 2.45. The number of carbonyl (C=O) groups excluding carboxylic acids is 5. The predicted molar refractivity (Wildman–Crippen MR) is 139 cm³/mol. The Labute approximate surface area is 225 Å². The molecular formula is C27H30N6O6. The Hall–Kier alpha value is -4.16. The maximum Gasteiger partial charge on any atom is 0.264 e. The molecule has 0 bridgehead atoms. The molecule has 2 saturated heterocycles. The zero-order valence-electron chi connectivity index (χ0n) is 21.4. The van der Waals surface area contributed by atoms with Crippen LogP contribution in [0, 0.1) is 0 Å². The van der Waals surface area contributed by atoms with Gasteiger partial charge in [0.1, 0.15) is 6.04 Å². The van der Waals surface area contributed by atoms with Crippen LogP contribution in [0.3, 0.4) is 0 Å². The van der Waals surface area contributed by atoms with Crippen molar-refractivity contribution in [3.05, 3.63) is 53.2 Å². The van der Waals surface area contributed by atoms with Gasteiger partial charge in [-0.15, -0.1) is 0 Å². The van der Waals surface area contributed by atoms with E-state index in [1.165, 1.54) is 12.1 Å². The number of fused-ring (bicyclic) bond motifs is 1. The molecule has 3 N–H and O–H groups in total. The second-order valence-electron chi connectivity index (χ2n) is 9.70. The standard InChI is InChI=1S/C27H30N6O6/c34-21-7-6-20(25(36)31-21)33-26(37)18-3-1-4-19(24(18)27(33)38)30-22(35)15-17-5-8-23(29-16-17)39-14-2-11-32-12-9-28-10-13-32/h1,3-5,8,16,20,28H,2,6-7,9-15H2,(H,30,35)(H,31,34,36). The maximum absolute atomic E-state index is 13.2. The minimum atomic E-state index is -1.08. The fourth-order valence-corrected chi connectivity index (χ4v) is 5.00. The minimum Gasteiger partial charge on any atom is -0.478 e. The van der Waals surface area contributed by atoms with Crippen LogP contribution in [0.1, 0.15) is 45.5 Å². The number of pyridine rings is 1. The van der Waals surface area contributed by atoms with E-state index in [0.29, 0.717) is 18.1 Å². The van der Waals surface area contributed by atoms with Crippen LogP contribution in [0.4, 0.5) is 5.69 Å². The first-order valence-electron chi connectivity index (χ1n) is 13.1. The molecule has 1 unspecified atom stereocenters. The summed E-state index contributed by atoms with van der Waals surface area (Å²) < 4.78 is 5.72. The lowest BCUT2D eigenvalue weighted by atomic mass is 10.0. The summed E-state index contributed by atoms with van der Waals surface area (Å²) in [6, 6.07) is 6.96. The van der Waals surface area contributed by atoms with E-state index in [1.807, 2.05) is 0 Å². The van der Waals surface area contributed by atoms with Gasteiger partial charge in [-0.1, -0.05) is 12.1 Å². The topological polar surface area (TPSA) is 150 Å². The van der Waals surface area contributed by atoms with Crippen LogP contribution < -0.4 is 20.7 Å². The summed E-state index contributed by atoms with van der Waals surface area (Å²) in [4.78, 5) is 70.3. The van der Waals surface area contributed by atoms with Crippen molar-refractivity contribution in [2.45, 2.75) is 31.7 Å². The summed E-state index contributed by atoms with van der Waals surface area (Å²) >= 11 is 0. The van der Waals surface area contributed by atoms with Crippen molar-refractivity contribution in [2.75, 3.05) is 44.6 Å². The fourth-order valence-electron chi connectivity index (χ4n) is 5.00. The number of piperazine rings is 1. The van der Waals surface area contributed by atoms with Crippen molar-refractivity contribution in [2.24, 2.45) is 0 Å². The van der Waals surface area contributed by atoms with E-state index in [2.05, 4.69) is 25.8 Å². The third-order valence-corrected chi connectivity index (χ3v) is 6.98. The number of piperidine rings is 1. The number of rotatable bonds is 9. The van der Waals surface area contributed by atoms with Gasteiger partial charge in [-0.25, -0.2) is 4.98 Å². The second-order valence-corrected chi connectivity index (χ2v) is 9.70. The molecule has 204 valence electrons. The highest BCUT2D eigenvalue weighted by Crippen LogP contribution is 2.32. The molecule has 2 fully saturated rings. The molecule has 1 aromatic carbocycles. The normalized spacial score (nSPS) is 19.6. The van der Waals surface area contributed by atoms with Gasteiger partial charge in [-0.2, -0.15) is 0 Å². The Morgan fingerprint density at radius 1 is 1.08 bits per heavy atom. The van der Waals surface area contributed by atoms with E-state index < -0.39 is 35.6 Å². The van der Waals surface area contributed by atoms with E-state index in [9.17, 15) is 24.0 Å².